The highest BCUT2D eigenvalue weighted by molar-refractivity contribution is 5.85. The quantitative estimate of drug-likeness (QED) is 0.904. The van der Waals surface area contributed by atoms with Crippen LogP contribution in [-0.4, -0.2) is 26.8 Å². The van der Waals surface area contributed by atoms with Gasteiger partial charge in [0.15, 0.2) is 5.82 Å². The Bertz CT molecular complexity index is 648. The summed E-state index contributed by atoms with van der Waals surface area (Å²) in [5, 5.41) is 16.9. The molecule has 116 valence electrons. The second-order valence-corrected chi connectivity index (χ2v) is 5.76. The average molecular weight is 301 g/mol. The first-order valence-electron chi connectivity index (χ1n) is 7.51. The minimum absolute atomic E-state index is 0.358. The van der Waals surface area contributed by atoms with Gasteiger partial charge in [-0.1, -0.05) is 23.4 Å². The fourth-order valence-electron chi connectivity index (χ4n) is 2.69. The van der Waals surface area contributed by atoms with Crippen molar-refractivity contribution >= 4 is 5.91 Å². The van der Waals surface area contributed by atoms with Gasteiger partial charge in [-0.25, -0.2) is 0 Å². The normalized spacial score (nSPS) is 18.1. The lowest BCUT2D eigenvalue weighted by molar-refractivity contribution is -0.139. The molecule has 1 amide bonds. The van der Waals surface area contributed by atoms with Crippen LogP contribution < -0.4 is 5.32 Å². The van der Waals surface area contributed by atoms with E-state index in [9.17, 15) is 9.90 Å². The third kappa shape index (κ3) is 2.87. The smallest absolute Gasteiger partial charge is 0.257 e. The first-order chi connectivity index (χ1) is 10.6. The fraction of sp³-hybridized carbons (Fsp3) is 0.438. The van der Waals surface area contributed by atoms with Gasteiger partial charge in [0.25, 0.3) is 11.8 Å². The minimum atomic E-state index is -1.25. The van der Waals surface area contributed by atoms with Gasteiger partial charge < -0.3 is 14.9 Å². The highest BCUT2D eigenvalue weighted by Gasteiger charge is 2.39. The summed E-state index contributed by atoms with van der Waals surface area (Å²) in [5.74, 6) is 0.452. The molecule has 1 aliphatic carbocycles. The maximum Gasteiger partial charge on any atom is 0.257 e. The highest BCUT2D eigenvalue weighted by atomic mass is 16.5. The van der Waals surface area contributed by atoms with Crippen molar-refractivity contribution in [3.8, 4) is 11.5 Å². The van der Waals surface area contributed by atoms with Crippen LogP contribution in [0.3, 0.4) is 0 Å². The van der Waals surface area contributed by atoms with Gasteiger partial charge in [0.2, 0.25) is 0 Å². The molecule has 1 aromatic heterocycles. The zero-order valence-corrected chi connectivity index (χ0v) is 12.5. The van der Waals surface area contributed by atoms with Crippen molar-refractivity contribution in [2.45, 2.75) is 44.2 Å². The van der Waals surface area contributed by atoms with Gasteiger partial charge in [0.1, 0.15) is 5.60 Å². The predicted molar refractivity (Wildman–Crippen MR) is 79.7 cm³/mol. The van der Waals surface area contributed by atoms with Gasteiger partial charge in [-0.3, -0.25) is 4.79 Å². The molecule has 2 aromatic rings. The van der Waals surface area contributed by atoms with E-state index in [-0.39, 0.29) is 5.91 Å². The molecule has 1 fully saturated rings. The first-order valence-corrected chi connectivity index (χ1v) is 7.51. The molecule has 0 aliphatic heterocycles. The number of carbonyl (C=O) groups is 1. The van der Waals surface area contributed by atoms with E-state index in [1.54, 1.807) is 6.92 Å². The standard InChI is InChI=1S/C16H19N3O3/c1-11(17-15(20)16(21)9-5-6-10-16)13-18-14(22-19-13)12-7-3-2-4-8-12/h2-4,7-8,11,21H,5-6,9-10H2,1H3,(H,17,20). The van der Waals surface area contributed by atoms with Crippen molar-refractivity contribution < 1.29 is 14.4 Å². The van der Waals surface area contributed by atoms with Crippen LogP contribution in [0.25, 0.3) is 11.5 Å². The number of nitrogens with one attached hydrogen (secondary N) is 1. The van der Waals surface area contributed by atoms with E-state index in [0.29, 0.717) is 24.6 Å². The SMILES string of the molecule is CC(NC(=O)C1(O)CCCC1)c1noc(-c2ccccc2)n1. The van der Waals surface area contributed by atoms with Crippen molar-refractivity contribution in [1.82, 2.24) is 15.5 Å². The van der Waals surface area contributed by atoms with Gasteiger partial charge in [0, 0.05) is 5.56 Å². The Kier molecular flexibility index (Phi) is 3.94. The Labute approximate surface area is 128 Å². The van der Waals surface area contributed by atoms with Gasteiger partial charge in [0.05, 0.1) is 6.04 Å². The Hall–Kier alpha value is -2.21. The molecule has 0 radical (unpaired) electrons. The summed E-state index contributed by atoms with van der Waals surface area (Å²) < 4.78 is 5.23. The maximum atomic E-state index is 12.2. The van der Waals surface area contributed by atoms with Crippen LogP contribution in [0.15, 0.2) is 34.9 Å². The summed E-state index contributed by atoms with van der Waals surface area (Å²) in [4.78, 5) is 16.5. The fourth-order valence-corrected chi connectivity index (χ4v) is 2.69. The Balaban J connectivity index is 1.69. The van der Waals surface area contributed by atoms with E-state index in [1.165, 1.54) is 0 Å². The number of benzene rings is 1. The third-order valence-corrected chi connectivity index (χ3v) is 4.05. The molecule has 22 heavy (non-hydrogen) atoms. The predicted octanol–water partition coefficient (Wildman–Crippen LogP) is 2.22. The largest absolute Gasteiger partial charge is 0.380 e. The van der Waals surface area contributed by atoms with Gasteiger partial charge in [-0.05, 0) is 44.7 Å². The lowest BCUT2D eigenvalue weighted by Crippen LogP contribution is -2.45. The molecule has 1 heterocycles. The van der Waals surface area contributed by atoms with Gasteiger partial charge in [-0.2, -0.15) is 4.98 Å². The van der Waals surface area contributed by atoms with Gasteiger partial charge >= 0.3 is 0 Å². The van der Waals surface area contributed by atoms with Crippen molar-refractivity contribution in [2.75, 3.05) is 0 Å². The van der Waals surface area contributed by atoms with Crippen LogP contribution in [0.5, 0.6) is 0 Å². The molecule has 1 aromatic carbocycles. The molecule has 0 spiro atoms. The van der Waals surface area contributed by atoms with Crippen molar-refractivity contribution in [1.29, 1.82) is 0 Å². The molecular formula is C16H19N3O3. The Morgan fingerprint density at radius 1 is 1.32 bits per heavy atom. The molecule has 0 saturated heterocycles. The summed E-state index contributed by atoms with van der Waals surface area (Å²) in [6, 6.07) is 9.02. The van der Waals surface area contributed by atoms with Crippen molar-refractivity contribution in [3.05, 3.63) is 36.2 Å². The molecule has 0 bridgehead atoms. The zero-order valence-electron chi connectivity index (χ0n) is 12.5. The van der Waals surface area contributed by atoms with Crippen LogP contribution in [0.1, 0.15) is 44.5 Å². The Morgan fingerprint density at radius 2 is 2.00 bits per heavy atom. The van der Waals surface area contributed by atoms with Crippen molar-refractivity contribution in [2.24, 2.45) is 0 Å². The molecule has 6 nitrogen and oxygen atoms in total. The molecule has 3 rings (SSSR count). The first kappa shape index (κ1) is 14.7. The maximum absolute atomic E-state index is 12.2. The average Bonchev–Trinajstić information content (AvgIpc) is 3.18. The molecule has 1 atom stereocenters. The van der Waals surface area contributed by atoms with Crippen LogP contribution in [0.2, 0.25) is 0 Å². The highest BCUT2D eigenvalue weighted by Crippen LogP contribution is 2.30. The molecule has 2 N–H and O–H groups in total. The summed E-state index contributed by atoms with van der Waals surface area (Å²) >= 11 is 0. The number of aromatic nitrogens is 2. The Morgan fingerprint density at radius 3 is 2.68 bits per heavy atom. The summed E-state index contributed by atoms with van der Waals surface area (Å²) in [6.07, 6.45) is 2.76. The lowest BCUT2D eigenvalue weighted by atomic mass is 10.0. The van der Waals surface area contributed by atoms with Crippen LogP contribution in [0.4, 0.5) is 0 Å². The number of rotatable bonds is 4. The van der Waals surface area contributed by atoms with E-state index >= 15 is 0 Å². The summed E-state index contributed by atoms with van der Waals surface area (Å²) in [5.41, 5.74) is -0.422. The van der Waals surface area contributed by atoms with E-state index in [2.05, 4.69) is 15.5 Å². The second kappa shape index (κ2) is 5.88. The number of amides is 1. The van der Waals surface area contributed by atoms with Gasteiger partial charge in [-0.15, -0.1) is 0 Å². The second-order valence-electron chi connectivity index (χ2n) is 5.76. The molecule has 1 unspecified atom stereocenters. The minimum Gasteiger partial charge on any atom is -0.380 e. The summed E-state index contributed by atoms with van der Waals surface area (Å²) in [7, 11) is 0. The van der Waals surface area contributed by atoms with Crippen molar-refractivity contribution in [3.63, 3.8) is 0 Å². The number of hydrogen-bond acceptors (Lipinski definition) is 5. The zero-order chi connectivity index (χ0) is 15.6. The van der Waals surface area contributed by atoms with E-state index < -0.39 is 11.6 Å². The topological polar surface area (TPSA) is 88.2 Å². The number of carbonyl (C=O) groups excluding carboxylic acids is 1. The third-order valence-electron chi connectivity index (χ3n) is 4.05. The molecule has 1 aliphatic rings. The van der Waals surface area contributed by atoms with E-state index in [1.807, 2.05) is 30.3 Å². The van der Waals surface area contributed by atoms with Crippen LogP contribution in [0, 0.1) is 0 Å². The molecule has 6 heteroatoms. The molecule has 1 saturated carbocycles. The lowest BCUT2D eigenvalue weighted by Gasteiger charge is -2.22. The van der Waals surface area contributed by atoms with E-state index in [4.69, 9.17) is 4.52 Å². The van der Waals surface area contributed by atoms with Crippen LogP contribution >= 0.6 is 0 Å². The monoisotopic (exact) mass is 301 g/mol. The number of aliphatic hydroxyl groups is 1. The van der Waals surface area contributed by atoms with E-state index in [0.717, 1.165) is 18.4 Å². The van der Waals surface area contributed by atoms with Crippen LogP contribution in [-0.2, 0) is 4.79 Å². The summed E-state index contributed by atoms with van der Waals surface area (Å²) in [6.45, 7) is 1.77. The number of nitrogens with zero attached hydrogens (tertiary/aromatic N) is 2. The molecular weight excluding hydrogens is 282 g/mol. The number of hydrogen-bond donors (Lipinski definition) is 2.